The first-order chi connectivity index (χ1) is 13.4. The molecule has 2 heterocycles. The summed E-state index contributed by atoms with van der Waals surface area (Å²) in [7, 11) is 0. The fraction of sp³-hybridized carbons (Fsp3) is 0.421. The number of aromatic nitrogens is 2. The number of hydrogen-bond donors (Lipinski definition) is 2. The number of carbonyl (C=O) groups is 1. The van der Waals surface area contributed by atoms with Gasteiger partial charge in [-0.2, -0.15) is 13.2 Å². The van der Waals surface area contributed by atoms with Crippen molar-refractivity contribution in [3.63, 3.8) is 0 Å². The Hall–Kier alpha value is -2.84. The molecule has 2 aromatic rings. The van der Waals surface area contributed by atoms with E-state index in [0.29, 0.717) is 18.1 Å². The Morgan fingerprint density at radius 3 is 2.57 bits per heavy atom. The molecule has 150 valence electrons. The molecule has 0 saturated carbocycles. The summed E-state index contributed by atoms with van der Waals surface area (Å²) in [6.07, 6.45) is -0.251. The SMILES string of the molecule is O=C(NCc1ccccc1CC(F)(F)F)NC1CCCN(c2ncccn2)C1. The lowest BCUT2D eigenvalue weighted by Gasteiger charge is -2.33. The minimum absolute atomic E-state index is 0.0380. The molecule has 9 heteroatoms. The lowest BCUT2D eigenvalue weighted by molar-refractivity contribution is -0.127. The second kappa shape index (κ2) is 8.90. The van der Waals surface area contributed by atoms with Gasteiger partial charge in [0.1, 0.15) is 0 Å². The van der Waals surface area contributed by atoms with Crippen LogP contribution in [0.1, 0.15) is 24.0 Å². The van der Waals surface area contributed by atoms with Crippen LogP contribution in [0.5, 0.6) is 0 Å². The summed E-state index contributed by atoms with van der Waals surface area (Å²) in [5, 5.41) is 5.55. The van der Waals surface area contributed by atoms with Crippen molar-refractivity contribution in [1.82, 2.24) is 20.6 Å². The lowest BCUT2D eigenvalue weighted by atomic mass is 10.0. The summed E-state index contributed by atoms with van der Waals surface area (Å²) in [5.41, 5.74) is 0.623. The molecule has 0 aliphatic carbocycles. The molecule has 2 amide bonds. The highest BCUT2D eigenvalue weighted by molar-refractivity contribution is 5.74. The van der Waals surface area contributed by atoms with E-state index < -0.39 is 18.6 Å². The molecule has 1 unspecified atom stereocenters. The number of halogens is 3. The lowest BCUT2D eigenvalue weighted by Crippen LogP contribution is -2.50. The topological polar surface area (TPSA) is 70.2 Å². The molecule has 3 rings (SSSR count). The highest BCUT2D eigenvalue weighted by Crippen LogP contribution is 2.23. The van der Waals surface area contributed by atoms with E-state index in [1.165, 1.54) is 6.07 Å². The minimum Gasteiger partial charge on any atom is -0.339 e. The number of anilines is 1. The Morgan fingerprint density at radius 2 is 1.86 bits per heavy atom. The van der Waals surface area contributed by atoms with Gasteiger partial charge in [-0.1, -0.05) is 24.3 Å². The van der Waals surface area contributed by atoms with Crippen molar-refractivity contribution in [1.29, 1.82) is 0 Å². The van der Waals surface area contributed by atoms with Crippen LogP contribution in [-0.4, -0.2) is 41.3 Å². The number of nitrogens with one attached hydrogen (secondary N) is 2. The van der Waals surface area contributed by atoms with Gasteiger partial charge in [0, 0.05) is 38.1 Å². The van der Waals surface area contributed by atoms with Crippen LogP contribution in [0.25, 0.3) is 0 Å². The molecule has 0 bridgehead atoms. The number of carbonyl (C=O) groups excluding carboxylic acids is 1. The zero-order chi connectivity index (χ0) is 20.0. The molecule has 0 radical (unpaired) electrons. The normalized spacial score (nSPS) is 17.2. The van der Waals surface area contributed by atoms with Gasteiger partial charge in [0.15, 0.2) is 0 Å². The summed E-state index contributed by atoms with van der Waals surface area (Å²) in [5.74, 6) is 0.621. The van der Waals surface area contributed by atoms with Gasteiger partial charge in [0.25, 0.3) is 0 Å². The van der Waals surface area contributed by atoms with Gasteiger partial charge in [0.2, 0.25) is 5.95 Å². The molecule has 1 aliphatic heterocycles. The van der Waals surface area contributed by atoms with Gasteiger partial charge in [-0.3, -0.25) is 0 Å². The maximum absolute atomic E-state index is 12.7. The number of alkyl halides is 3. The first-order valence-electron chi connectivity index (χ1n) is 9.10. The third kappa shape index (κ3) is 5.83. The largest absolute Gasteiger partial charge is 0.393 e. The predicted molar refractivity (Wildman–Crippen MR) is 98.8 cm³/mol. The van der Waals surface area contributed by atoms with Crippen molar-refractivity contribution in [2.45, 2.75) is 38.0 Å². The molecule has 1 atom stereocenters. The van der Waals surface area contributed by atoms with E-state index >= 15 is 0 Å². The predicted octanol–water partition coefficient (Wildman–Crippen LogP) is 3.05. The van der Waals surface area contributed by atoms with Gasteiger partial charge >= 0.3 is 12.2 Å². The number of rotatable bonds is 5. The van der Waals surface area contributed by atoms with Gasteiger partial charge in [0.05, 0.1) is 6.42 Å². The van der Waals surface area contributed by atoms with Crippen LogP contribution in [0.2, 0.25) is 0 Å². The van der Waals surface area contributed by atoms with Crippen molar-refractivity contribution in [2.24, 2.45) is 0 Å². The van der Waals surface area contributed by atoms with E-state index in [2.05, 4.69) is 20.6 Å². The summed E-state index contributed by atoms with van der Waals surface area (Å²) in [6, 6.07) is 7.51. The van der Waals surface area contributed by atoms with Crippen LogP contribution in [0.4, 0.5) is 23.9 Å². The van der Waals surface area contributed by atoms with E-state index in [1.54, 1.807) is 36.7 Å². The summed E-state index contributed by atoms with van der Waals surface area (Å²) >= 11 is 0. The Labute approximate surface area is 161 Å². The first-order valence-corrected chi connectivity index (χ1v) is 9.10. The third-order valence-corrected chi connectivity index (χ3v) is 4.54. The van der Waals surface area contributed by atoms with Crippen molar-refractivity contribution in [2.75, 3.05) is 18.0 Å². The van der Waals surface area contributed by atoms with Crippen molar-refractivity contribution in [3.8, 4) is 0 Å². The average Bonchev–Trinajstić information content (AvgIpc) is 2.67. The number of nitrogens with zero attached hydrogens (tertiary/aromatic N) is 3. The third-order valence-electron chi connectivity index (χ3n) is 4.54. The zero-order valence-corrected chi connectivity index (χ0v) is 15.2. The number of piperidine rings is 1. The van der Waals surface area contributed by atoms with Crippen LogP contribution in [0, 0.1) is 0 Å². The number of urea groups is 1. The Kier molecular flexibility index (Phi) is 6.33. The summed E-state index contributed by atoms with van der Waals surface area (Å²) in [4.78, 5) is 22.7. The molecule has 6 nitrogen and oxygen atoms in total. The number of amides is 2. The highest BCUT2D eigenvalue weighted by Gasteiger charge is 2.28. The average molecular weight is 393 g/mol. The van der Waals surface area contributed by atoms with E-state index in [9.17, 15) is 18.0 Å². The molecular weight excluding hydrogens is 371 g/mol. The van der Waals surface area contributed by atoms with Gasteiger partial charge < -0.3 is 15.5 Å². The summed E-state index contributed by atoms with van der Waals surface area (Å²) in [6.45, 7) is 1.44. The van der Waals surface area contributed by atoms with Crippen LogP contribution in [-0.2, 0) is 13.0 Å². The van der Waals surface area contributed by atoms with Crippen LogP contribution in [0.15, 0.2) is 42.7 Å². The monoisotopic (exact) mass is 393 g/mol. The van der Waals surface area contributed by atoms with Gasteiger partial charge in [-0.15, -0.1) is 0 Å². The van der Waals surface area contributed by atoms with Crippen LogP contribution < -0.4 is 15.5 Å². The van der Waals surface area contributed by atoms with Crippen molar-refractivity contribution < 1.29 is 18.0 Å². The number of hydrogen-bond acceptors (Lipinski definition) is 4. The zero-order valence-electron chi connectivity index (χ0n) is 15.2. The highest BCUT2D eigenvalue weighted by atomic mass is 19.4. The standard InChI is InChI=1S/C19H22F3N5O/c20-19(21,22)11-14-5-1-2-6-15(14)12-25-18(28)26-16-7-3-10-27(13-16)17-23-8-4-9-24-17/h1-2,4-6,8-9,16H,3,7,10-13H2,(H2,25,26,28). The quantitative estimate of drug-likeness (QED) is 0.819. The van der Waals surface area contributed by atoms with Gasteiger partial charge in [-0.25, -0.2) is 14.8 Å². The van der Waals surface area contributed by atoms with Crippen molar-refractivity contribution >= 4 is 12.0 Å². The van der Waals surface area contributed by atoms with E-state index in [1.807, 2.05) is 4.90 Å². The van der Waals surface area contributed by atoms with Crippen LogP contribution in [0.3, 0.4) is 0 Å². The Bertz CT molecular complexity index is 785. The smallest absolute Gasteiger partial charge is 0.339 e. The molecule has 28 heavy (non-hydrogen) atoms. The van der Waals surface area contributed by atoms with E-state index in [0.717, 1.165) is 19.4 Å². The molecule has 1 aromatic carbocycles. The second-order valence-electron chi connectivity index (χ2n) is 6.72. The fourth-order valence-corrected chi connectivity index (χ4v) is 3.26. The summed E-state index contributed by atoms with van der Waals surface area (Å²) < 4.78 is 38.1. The second-order valence-corrected chi connectivity index (χ2v) is 6.72. The molecule has 1 saturated heterocycles. The maximum atomic E-state index is 12.7. The Balaban J connectivity index is 1.52. The van der Waals surface area contributed by atoms with Crippen LogP contribution >= 0.6 is 0 Å². The molecular formula is C19H22F3N5O. The molecule has 1 aliphatic rings. The fourth-order valence-electron chi connectivity index (χ4n) is 3.26. The van der Waals surface area contributed by atoms with E-state index in [-0.39, 0.29) is 18.2 Å². The molecule has 1 fully saturated rings. The molecule has 0 spiro atoms. The number of benzene rings is 1. The van der Waals surface area contributed by atoms with Crippen molar-refractivity contribution in [3.05, 3.63) is 53.9 Å². The molecule has 2 N–H and O–H groups in total. The maximum Gasteiger partial charge on any atom is 0.393 e. The Morgan fingerprint density at radius 1 is 1.14 bits per heavy atom. The molecule has 1 aromatic heterocycles. The first kappa shape index (κ1) is 19.9. The van der Waals surface area contributed by atoms with E-state index in [4.69, 9.17) is 0 Å². The van der Waals surface area contributed by atoms with Gasteiger partial charge in [-0.05, 0) is 30.0 Å². The minimum atomic E-state index is -4.29.